The summed E-state index contributed by atoms with van der Waals surface area (Å²) in [5, 5.41) is 0. The molecule has 0 heterocycles. The Hall–Kier alpha value is -1.65. The standard InChI is InChI=1S/C13H18N2O2/c1-9-3-6-11(7-4-9)17-13(16)12(15)8-5-10(2)14/h3-8,10,12H,14-15H2,1-2H3/b8-5-. The summed E-state index contributed by atoms with van der Waals surface area (Å²) in [4.78, 5) is 11.6. The van der Waals surface area contributed by atoms with Gasteiger partial charge in [-0.15, -0.1) is 0 Å². The van der Waals surface area contributed by atoms with Crippen molar-refractivity contribution in [2.75, 3.05) is 0 Å². The molecule has 17 heavy (non-hydrogen) atoms. The molecule has 0 aromatic heterocycles. The van der Waals surface area contributed by atoms with Crippen LogP contribution in [0.2, 0.25) is 0 Å². The third-order valence-electron chi connectivity index (χ3n) is 2.13. The molecular formula is C13H18N2O2. The quantitative estimate of drug-likeness (QED) is 0.465. The van der Waals surface area contributed by atoms with Crippen LogP contribution >= 0.6 is 0 Å². The first-order valence-corrected chi connectivity index (χ1v) is 5.47. The lowest BCUT2D eigenvalue weighted by molar-refractivity contribution is -0.134. The zero-order chi connectivity index (χ0) is 12.8. The molecule has 2 atom stereocenters. The highest BCUT2D eigenvalue weighted by Crippen LogP contribution is 2.12. The van der Waals surface area contributed by atoms with E-state index in [1.807, 2.05) is 19.1 Å². The van der Waals surface area contributed by atoms with E-state index in [0.29, 0.717) is 5.75 Å². The molecule has 4 heteroatoms. The van der Waals surface area contributed by atoms with Crippen LogP contribution in [0.5, 0.6) is 5.75 Å². The summed E-state index contributed by atoms with van der Waals surface area (Å²) in [6.07, 6.45) is 3.21. The van der Waals surface area contributed by atoms with Crippen LogP contribution in [0.15, 0.2) is 36.4 Å². The predicted octanol–water partition coefficient (Wildman–Crippen LogP) is 1.13. The van der Waals surface area contributed by atoms with Crippen molar-refractivity contribution < 1.29 is 9.53 Å². The monoisotopic (exact) mass is 234 g/mol. The number of carbonyl (C=O) groups is 1. The lowest BCUT2D eigenvalue weighted by Crippen LogP contribution is -2.32. The maximum atomic E-state index is 11.6. The fourth-order valence-electron chi connectivity index (χ4n) is 1.16. The van der Waals surface area contributed by atoms with Gasteiger partial charge in [0.15, 0.2) is 0 Å². The molecule has 92 valence electrons. The molecule has 0 radical (unpaired) electrons. The van der Waals surface area contributed by atoms with Crippen LogP contribution in [0, 0.1) is 6.92 Å². The van der Waals surface area contributed by atoms with E-state index < -0.39 is 12.0 Å². The molecule has 4 nitrogen and oxygen atoms in total. The smallest absolute Gasteiger partial charge is 0.332 e. The minimum atomic E-state index is -0.790. The molecule has 2 unspecified atom stereocenters. The molecule has 0 aliphatic heterocycles. The van der Waals surface area contributed by atoms with Gasteiger partial charge in [-0.1, -0.05) is 29.8 Å². The van der Waals surface area contributed by atoms with Crippen molar-refractivity contribution in [1.82, 2.24) is 0 Å². The van der Waals surface area contributed by atoms with E-state index in [1.165, 1.54) is 0 Å². The van der Waals surface area contributed by atoms with Gasteiger partial charge in [0, 0.05) is 6.04 Å². The molecule has 0 spiro atoms. The van der Waals surface area contributed by atoms with Gasteiger partial charge >= 0.3 is 5.97 Å². The summed E-state index contributed by atoms with van der Waals surface area (Å²) < 4.78 is 5.11. The van der Waals surface area contributed by atoms with Crippen LogP contribution in [-0.4, -0.2) is 18.1 Å². The average Bonchev–Trinajstić information content (AvgIpc) is 2.28. The van der Waals surface area contributed by atoms with Crippen molar-refractivity contribution in [1.29, 1.82) is 0 Å². The summed E-state index contributed by atoms with van der Waals surface area (Å²) in [7, 11) is 0. The van der Waals surface area contributed by atoms with E-state index in [-0.39, 0.29) is 6.04 Å². The van der Waals surface area contributed by atoms with E-state index in [1.54, 1.807) is 31.2 Å². The highest BCUT2D eigenvalue weighted by atomic mass is 16.5. The highest BCUT2D eigenvalue weighted by Gasteiger charge is 2.12. The first kappa shape index (κ1) is 13.4. The van der Waals surface area contributed by atoms with Gasteiger partial charge in [0.1, 0.15) is 11.8 Å². The fourth-order valence-corrected chi connectivity index (χ4v) is 1.16. The van der Waals surface area contributed by atoms with Crippen LogP contribution in [0.3, 0.4) is 0 Å². The zero-order valence-corrected chi connectivity index (χ0v) is 10.1. The second kappa shape index (κ2) is 6.18. The van der Waals surface area contributed by atoms with Gasteiger partial charge in [-0.25, -0.2) is 4.79 Å². The molecule has 0 fully saturated rings. The van der Waals surface area contributed by atoms with E-state index in [4.69, 9.17) is 16.2 Å². The number of hydrogen-bond donors (Lipinski definition) is 2. The maximum Gasteiger partial charge on any atom is 0.332 e. The van der Waals surface area contributed by atoms with Crippen molar-refractivity contribution in [3.05, 3.63) is 42.0 Å². The molecule has 0 aliphatic rings. The third kappa shape index (κ3) is 4.80. The summed E-state index contributed by atoms with van der Waals surface area (Å²) in [6.45, 7) is 3.76. The minimum Gasteiger partial charge on any atom is -0.425 e. The number of rotatable bonds is 4. The van der Waals surface area contributed by atoms with Gasteiger partial charge in [-0.3, -0.25) is 0 Å². The first-order chi connectivity index (χ1) is 7.99. The Morgan fingerprint density at radius 2 is 1.82 bits per heavy atom. The summed E-state index contributed by atoms with van der Waals surface area (Å²) in [5.41, 5.74) is 12.2. The molecule has 1 rings (SSSR count). The fraction of sp³-hybridized carbons (Fsp3) is 0.308. The number of aryl methyl sites for hydroxylation is 1. The van der Waals surface area contributed by atoms with Crippen LogP contribution in [0.25, 0.3) is 0 Å². The summed E-state index contributed by atoms with van der Waals surface area (Å²) in [5.74, 6) is -0.00370. The number of hydrogen-bond acceptors (Lipinski definition) is 4. The largest absolute Gasteiger partial charge is 0.425 e. The first-order valence-electron chi connectivity index (χ1n) is 5.47. The molecule has 0 saturated carbocycles. The SMILES string of the molecule is Cc1ccc(OC(=O)C(N)/C=C\C(C)N)cc1. The highest BCUT2D eigenvalue weighted by molar-refractivity contribution is 5.80. The van der Waals surface area contributed by atoms with E-state index in [0.717, 1.165) is 5.56 Å². The molecule has 1 aromatic rings. The number of nitrogens with two attached hydrogens (primary N) is 2. The van der Waals surface area contributed by atoms with Gasteiger partial charge < -0.3 is 16.2 Å². The Morgan fingerprint density at radius 3 is 2.35 bits per heavy atom. The number of esters is 1. The Labute approximate surface area is 101 Å². The Morgan fingerprint density at radius 1 is 1.24 bits per heavy atom. The number of benzene rings is 1. The van der Waals surface area contributed by atoms with Crippen LogP contribution in [0.4, 0.5) is 0 Å². The topological polar surface area (TPSA) is 78.3 Å². The Bertz CT molecular complexity index is 396. The van der Waals surface area contributed by atoms with Crippen LogP contribution < -0.4 is 16.2 Å². The van der Waals surface area contributed by atoms with Crippen molar-refractivity contribution in [2.24, 2.45) is 11.5 Å². The van der Waals surface area contributed by atoms with Gasteiger partial charge in [0.25, 0.3) is 0 Å². The Balaban J connectivity index is 2.57. The second-order valence-electron chi connectivity index (χ2n) is 4.00. The molecular weight excluding hydrogens is 216 g/mol. The van der Waals surface area contributed by atoms with Crippen LogP contribution in [-0.2, 0) is 4.79 Å². The molecule has 0 amide bonds. The van der Waals surface area contributed by atoms with Gasteiger partial charge in [0.2, 0.25) is 0 Å². The van der Waals surface area contributed by atoms with E-state index >= 15 is 0 Å². The van der Waals surface area contributed by atoms with Crippen LogP contribution in [0.1, 0.15) is 12.5 Å². The normalized spacial score (nSPS) is 14.6. The van der Waals surface area contributed by atoms with Gasteiger partial charge in [-0.05, 0) is 26.0 Å². The van der Waals surface area contributed by atoms with Crippen molar-refractivity contribution in [3.63, 3.8) is 0 Å². The molecule has 0 bridgehead atoms. The van der Waals surface area contributed by atoms with E-state index in [9.17, 15) is 4.79 Å². The lowest BCUT2D eigenvalue weighted by atomic mass is 10.2. The Kier molecular flexibility index (Phi) is 4.87. The van der Waals surface area contributed by atoms with Gasteiger partial charge in [-0.2, -0.15) is 0 Å². The molecule has 0 saturated heterocycles. The average molecular weight is 234 g/mol. The molecule has 1 aromatic carbocycles. The van der Waals surface area contributed by atoms with Gasteiger partial charge in [0.05, 0.1) is 0 Å². The number of ether oxygens (including phenoxy) is 1. The maximum absolute atomic E-state index is 11.6. The predicted molar refractivity (Wildman–Crippen MR) is 67.6 cm³/mol. The summed E-state index contributed by atoms with van der Waals surface area (Å²) in [6, 6.07) is 6.28. The zero-order valence-electron chi connectivity index (χ0n) is 10.1. The van der Waals surface area contributed by atoms with Crippen molar-refractivity contribution >= 4 is 5.97 Å². The van der Waals surface area contributed by atoms with E-state index in [2.05, 4.69) is 0 Å². The molecule has 0 aliphatic carbocycles. The van der Waals surface area contributed by atoms with Crippen molar-refractivity contribution in [3.8, 4) is 5.75 Å². The van der Waals surface area contributed by atoms with Crippen molar-refractivity contribution in [2.45, 2.75) is 25.9 Å². The third-order valence-corrected chi connectivity index (χ3v) is 2.13. The number of carbonyl (C=O) groups excluding carboxylic acids is 1. The minimum absolute atomic E-state index is 0.131. The second-order valence-corrected chi connectivity index (χ2v) is 4.00. The summed E-state index contributed by atoms with van der Waals surface area (Å²) >= 11 is 0. The lowest BCUT2D eigenvalue weighted by Gasteiger charge is -2.08. The molecule has 4 N–H and O–H groups in total.